The molecule has 1 aromatic heterocycles. The van der Waals surface area contributed by atoms with Gasteiger partial charge in [0.05, 0.1) is 5.60 Å². The number of ether oxygens (including phenoxy) is 1. The van der Waals surface area contributed by atoms with Crippen LogP contribution in [0.2, 0.25) is 0 Å². The van der Waals surface area contributed by atoms with Crippen molar-refractivity contribution in [2.24, 2.45) is 11.7 Å². The number of anilines is 1. The molecule has 2 aromatic carbocycles. The average Bonchev–Trinajstić information content (AvgIpc) is 2.97. The number of carbonyl (C=O) groups excluding carboxylic acids is 2. The molecule has 2 saturated carbocycles. The summed E-state index contributed by atoms with van der Waals surface area (Å²) >= 11 is 0. The fourth-order valence-corrected chi connectivity index (χ4v) is 6.72. The minimum absolute atomic E-state index is 0.00529. The van der Waals surface area contributed by atoms with Gasteiger partial charge in [0.25, 0.3) is 0 Å². The van der Waals surface area contributed by atoms with Gasteiger partial charge in [-0.3, -0.25) is 9.59 Å². The smallest absolute Gasteiger partial charge is 0.248 e. The van der Waals surface area contributed by atoms with Crippen molar-refractivity contribution in [3.63, 3.8) is 0 Å². The van der Waals surface area contributed by atoms with Gasteiger partial charge in [0.15, 0.2) is 0 Å². The van der Waals surface area contributed by atoms with Crippen LogP contribution in [0.25, 0.3) is 22.3 Å². The van der Waals surface area contributed by atoms with Crippen LogP contribution in [-0.2, 0) is 19.9 Å². The van der Waals surface area contributed by atoms with E-state index in [2.05, 4.69) is 34.6 Å². The molecule has 0 unspecified atom stereocenters. The van der Waals surface area contributed by atoms with E-state index < -0.39 is 11.1 Å². The van der Waals surface area contributed by atoms with Crippen molar-refractivity contribution in [3.05, 3.63) is 72.4 Å². The van der Waals surface area contributed by atoms with Crippen molar-refractivity contribution >= 4 is 17.6 Å². The summed E-state index contributed by atoms with van der Waals surface area (Å²) in [6, 6.07) is 20.4. The van der Waals surface area contributed by atoms with E-state index in [1.807, 2.05) is 56.6 Å². The van der Waals surface area contributed by atoms with Gasteiger partial charge in [-0.2, -0.15) is 0 Å². The average molecular weight is 571 g/mol. The Labute approximate surface area is 248 Å². The Morgan fingerprint density at radius 3 is 2.29 bits per heavy atom. The fourth-order valence-electron chi connectivity index (χ4n) is 6.72. The number of rotatable bonds is 9. The van der Waals surface area contributed by atoms with E-state index in [1.165, 1.54) is 7.11 Å². The first kappa shape index (κ1) is 29.9. The van der Waals surface area contributed by atoms with Crippen LogP contribution >= 0.6 is 0 Å². The zero-order valence-electron chi connectivity index (χ0n) is 24.8. The summed E-state index contributed by atoms with van der Waals surface area (Å²) in [4.78, 5) is 31.6. The number of hydrogen-bond acceptors (Lipinski definition) is 6. The van der Waals surface area contributed by atoms with Crippen LogP contribution in [0.1, 0.15) is 57.4 Å². The lowest BCUT2D eigenvalue weighted by molar-refractivity contribution is -0.136. The van der Waals surface area contributed by atoms with Gasteiger partial charge in [0.1, 0.15) is 12.4 Å². The summed E-state index contributed by atoms with van der Waals surface area (Å²) in [5.74, 6) is 0.754. The second-order valence-corrected chi connectivity index (χ2v) is 12.4. The number of pyridine rings is 1. The zero-order valence-corrected chi connectivity index (χ0v) is 24.8. The molecule has 4 N–H and O–H groups in total. The second-order valence-electron chi connectivity index (χ2n) is 12.4. The summed E-state index contributed by atoms with van der Waals surface area (Å²) in [5, 5.41) is 13.2. The summed E-state index contributed by atoms with van der Waals surface area (Å²) in [6.45, 7) is 1.92. The molecule has 8 nitrogen and oxygen atoms in total. The van der Waals surface area contributed by atoms with E-state index in [9.17, 15) is 14.7 Å². The molecule has 5 rings (SSSR count). The second kappa shape index (κ2) is 12.3. The largest absolute Gasteiger partial charge is 0.390 e. The van der Waals surface area contributed by atoms with Gasteiger partial charge >= 0.3 is 0 Å². The number of nitrogens with two attached hydrogens (primary N) is 1. The summed E-state index contributed by atoms with van der Waals surface area (Å²) in [5.41, 5.74) is 10.3. The van der Waals surface area contributed by atoms with Crippen LogP contribution in [0.3, 0.4) is 0 Å². The topological polar surface area (TPSA) is 118 Å². The first-order valence-electron chi connectivity index (χ1n) is 14.8. The monoisotopic (exact) mass is 570 g/mol. The number of amides is 2. The van der Waals surface area contributed by atoms with E-state index in [0.717, 1.165) is 53.5 Å². The molecule has 42 heavy (non-hydrogen) atoms. The Balaban J connectivity index is 1.27. The molecular weight excluding hydrogens is 528 g/mol. The van der Waals surface area contributed by atoms with Crippen molar-refractivity contribution in [1.29, 1.82) is 0 Å². The molecule has 8 heteroatoms. The number of carbonyl (C=O) groups is 2. The number of methoxy groups -OCH3 is 1. The Bertz CT molecular complexity index is 1390. The highest BCUT2D eigenvalue weighted by Gasteiger charge is 2.49. The van der Waals surface area contributed by atoms with Crippen LogP contribution in [0.15, 0.2) is 66.9 Å². The summed E-state index contributed by atoms with van der Waals surface area (Å²) in [7, 11) is 3.37. The molecular formula is C34H42N4O4. The van der Waals surface area contributed by atoms with Gasteiger partial charge in [-0.1, -0.05) is 54.6 Å². The standard InChI is InChI=1S/C34H42N4O4/c1-33(41)21-34(35,22-33)26-13-11-25(12-14-26)29-19-36-30(18-28(29)24-7-5-4-6-8-24)37-31(39)17-23-9-15-27(16-10-23)38(2)32(40)20-42-3/h4-8,11-14,18-19,23,27,41H,9-10,15-17,20-22,35H2,1-3H3,(H,36,37,39). The predicted octanol–water partition coefficient (Wildman–Crippen LogP) is 5.11. The van der Waals surface area contributed by atoms with Crippen molar-refractivity contribution in [1.82, 2.24) is 9.88 Å². The van der Waals surface area contributed by atoms with Gasteiger partial charge in [-0.05, 0) is 79.7 Å². The first-order valence-corrected chi connectivity index (χ1v) is 14.8. The molecule has 0 bridgehead atoms. The number of likely N-dealkylation sites (N-methyl/N-ethyl adjacent to an activating group) is 1. The van der Waals surface area contributed by atoms with E-state index in [4.69, 9.17) is 10.5 Å². The van der Waals surface area contributed by atoms with Gasteiger partial charge < -0.3 is 25.8 Å². The zero-order chi connectivity index (χ0) is 29.9. The molecule has 222 valence electrons. The van der Waals surface area contributed by atoms with Crippen molar-refractivity contribution in [3.8, 4) is 22.3 Å². The van der Waals surface area contributed by atoms with Crippen molar-refractivity contribution in [2.45, 2.75) is 69.1 Å². The Hall–Kier alpha value is -3.59. The van der Waals surface area contributed by atoms with E-state index >= 15 is 0 Å². The van der Waals surface area contributed by atoms with E-state index in [-0.39, 0.29) is 30.4 Å². The van der Waals surface area contributed by atoms with Crippen LogP contribution < -0.4 is 11.1 Å². The van der Waals surface area contributed by atoms with Crippen LogP contribution in [0.5, 0.6) is 0 Å². The van der Waals surface area contributed by atoms with E-state index in [0.29, 0.717) is 25.1 Å². The van der Waals surface area contributed by atoms with Crippen molar-refractivity contribution < 1.29 is 19.4 Å². The van der Waals surface area contributed by atoms with Gasteiger partial charge in [0, 0.05) is 43.9 Å². The molecule has 0 aliphatic heterocycles. The Morgan fingerprint density at radius 2 is 1.67 bits per heavy atom. The highest BCUT2D eigenvalue weighted by Crippen LogP contribution is 2.46. The quantitative estimate of drug-likeness (QED) is 0.329. The molecule has 3 aromatic rings. The third-order valence-corrected chi connectivity index (χ3v) is 8.92. The summed E-state index contributed by atoms with van der Waals surface area (Å²) in [6.07, 6.45) is 6.91. The highest BCUT2D eigenvalue weighted by atomic mass is 16.5. The molecule has 1 heterocycles. The lowest BCUT2D eigenvalue weighted by Gasteiger charge is -2.49. The predicted molar refractivity (Wildman–Crippen MR) is 164 cm³/mol. The molecule has 2 aliphatic carbocycles. The maximum absolute atomic E-state index is 13.0. The third-order valence-electron chi connectivity index (χ3n) is 8.92. The first-order chi connectivity index (χ1) is 20.1. The molecule has 0 saturated heterocycles. The molecule has 0 atom stereocenters. The SMILES string of the molecule is COCC(=O)N(C)C1CCC(CC(=O)Nc2cc(-c3ccccc3)c(-c3ccc(C4(N)CC(C)(O)C4)cc3)cn2)CC1. The highest BCUT2D eigenvalue weighted by molar-refractivity contribution is 5.92. The Morgan fingerprint density at radius 1 is 1.02 bits per heavy atom. The lowest BCUT2D eigenvalue weighted by atomic mass is 9.63. The number of aromatic nitrogens is 1. The minimum Gasteiger partial charge on any atom is -0.390 e. The maximum Gasteiger partial charge on any atom is 0.248 e. The number of nitrogens with zero attached hydrogens (tertiary/aromatic N) is 2. The molecule has 0 radical (unpaired) electrons. The van der Waals surface area contributed by atoms with Gasteiger partial charge in [-0.25, -0.2) is 4.98 Å². The van der Waals surface area contributed by atoms with Crippen LogP contribution in [0.4, 0.5) is 5.82 Å². The number of benzene rings is 2. The molecule has 0 spiro atoms. The minimum atomic E-state index is -0.710. The summed E-state index contributed by atoms with van der Waals surface area (Å²) < 4.78 is 4.98. The number of aliphatic hydroxyl groups is 1. The molecule has 2 fully saturated rings. The maximum atomic E-state index is 13.0. The van der Waals surface area contributed by atoms with E-state index in [1.54, 1.807) is 4.90 Å². The number of nitrogens with one attached hydrogen (secondary N) is 1. The Kier molecular flexibility index (Phi) is 8.78. The number of hydrogen-bond donors (Lipinski definition) is 3. The molecule has 2 aliphatic rings. The van der Waals surface area contributed by atoms with Crippen molar-refractivity contribution in [2.75, 3.05) is 26.1 Å². The fraction of sp³-hybridized carbons (Fsp3) is 0.441. The molecule has 2 amide bonds. The normalized spacial score (nSPS) is 25.4. The lowest BCUT2D eigenvalue weighted by Crippen LogP contribution is -2.58. The third kappa shape index (κ3) is 6.72. The van der Waals surface area contributed by atoms with Crippen LogP contribution in [-0.4, -0.2) is 59.2 Å². The van der Waals surface area contributed by atoms with Crippen LogP contribution in [0, 0.1) is 5.92 Å². The van der Waals surface area contributed by atoms with Gasteiger partial charge in [0.2, 0.25) is 11.8 Å². The van der Waals surface area contributed by atoms with Gasteiger partial charge in [-0.15, -0.1) is 0 Å².